The Hall–Kier alpha value is -1.61. The van der Waals surface area contributed by atoms with Crippen molar-refractivity contribution in [1.82, 2.24) is 19.5 Å². The molecule has 0 fully saturated rings. The van der Waals surface area contributed by atoms with Gasteiger partial charge >= 0.3 is 6.18 Å². The second-order valence-electron chi connectivity index (χ2n) is 4.99. The van der Waals surface area contributed by atoms with Crippen LogP contribution in [0.5, 0.6) is 0 Å². The fraction of sp³-hybridized carbons (Fsp3) is 0.267. The number of nitrogens with zero attached hydrogens (tertiary/aromatic N) is 4. The van der Waals surface area contributed by atoms with Crippen LogP contribution in [0.25, 0.3) is 22.6 Å². The second kappa shape index (κ2) is 6.36. The van der Waals surface area contributed by atoms with Gasteiger partial charge in [0.05, 0.1) is 22.8 Å². The number of hydrogen-bond acceptors (Lipinski definition) is 4. The first-order valence-corrected chi connectivity index (χ1v) is 8.77. The maximum atomic E-state index is 12.9. The van der Waals surface area contributed by atoms with Crippen molar-refractivity contribution >= 4 is 38.7 Å². The van der Waals surface area contributed by atoms with Gasteiger partial charge in [-0.05, 0) is 33.8 Å². The molecule has 3 aromatic heterocycles. The average Bonchev–Trinajstić information content (AvgIpc) is 2.83. The predicted molar refractivity (Wildman–Crippen MR) is 90.8 cm³/mol. The molecule has 4 nitrogen and oxygen atoms in total. The quantitative estimate of drug-likeness (QED) is 0.448. The molecule has 0 aliphatic carbocycles. The highest BCUT2D eigenvalue weighted by molar-refractivity contribution is 9.10. The number of halogens is 4. The van der Waals surface area contributed by atoms with E-state index in [-0.39, 0.29) is 0 Å². The maximum absolute atomic E-state index is 12.9. The molecular weight excluding hydrogens is 405 g/mol. The van der Waals surface area contributed by atoms with E-state index in [0.29, 0.717) is 32.3 Å². The summed E-state index contributed by atoms with van der Waals surface area (Å²) < 4.78 is 41.3. The minimum Gasteiger partial charge on any atom is -0.325 e. The number of pyridine rings is 2. The highest BCUT2D eigenvalue weighted by atomic mass is 79.9. The number of alkyl halides is 3. The van der Waals surface area contributed by atoms with Crippen molar-refractivity contribution in [1.29, 1.82) is 0 Å². The summed E-state index contributed by atoms with van der Waals surface area (Å²) in [5.74, 6) is 1.14. The molecule has 0 N–H and O–H groups in total. The van der Waals surface area contributed by atoms with Crippen molar-refractivity contribution in [2.45, 2.75) is 18.0 Å². The summed E-state index contributed by atoms with van der Waals surface area (Å²) in [5.41, 5.74) is 1.15. The van der Waals surface area contributed by atoms with Gasteiger partial charge in [0.2, 0.25) is 0 Å². The van der Waals surface area contributed by atoms with Gasteiger partial charge in [0, 0.05) is 18.1 Å². The lowest BCUT2D eigenvalue weighted by Gasteiger charge is -2.12. The number of aryl methyl sites for hydroxylation is 1. The zero-order chi connectivity index (χ0) is 17.5. The summed E-state index contributed by atoms with van der Waals surface area (Å²) in [6, 6.07) is 2.89. The molecule has 9 heteroatoms. The topological polar surface area (TPSA) is 43.6 Å². The molecule has 0 atom stereocenters. The fourth-order valence-corrected chi connectivity index (χ4v) is 3.43. The van der Waals surface area contributed by atoms with E-state index >= 15 is 0 Å². The Balaban J connectivity index is 2.20. The predicted octanol–water partition coefficient (Wildman–Crippen LogP) is 4.92. The summed E-state index contributed by atoms with van der Waals surface area (Å²) in [6.45, 7) is 1.88. The Kier molecular flexibility index (Phi) is 4.56. The Morgan fingerprint density at radius 3 is 2.62 bits per heavy atom. The first-order valence-electron chi connectivity index (χ1n) is 6.99. The number of thioether (sulfide) groups is 1. The Bertz CT molecular complexity index is 908. The molecule has 24 heavy (non-hydrogen) atoms. The third-order valence-corrected chi connectivity index (χ3v) is 4.77. The Morgan fingerprint density at radius 1 is 1.21 bits per heavy atom. The Labute approximate surface area is 148 Å². The molecule has 0 saturated carbocycles. The van der Waals surface area contributed by atoms with Gasteiger partial charge in [0.25, 0.3) is 0 Å². The van der Waals surface area contributed by atoms with Crippen LogP contribution in [0.1, 0.15) is 12.5 Å². The van der Waals surface area contributed by atoms with Gasteiger partial charge in [0.1, 0.15) is 10.3 Å². The van der Waals surface area contributed by atoms with Crippen molar-refractivity contribution in [2.75, 3.05) is 5.75 Å². The molecule has 3 heterocycles. The van der Waals surface area contributed by atoms with E-state index in [0.717, 1.165) is 17.8 Å². The van der Waals surface area contributed by atoms with Gasteiger partial charge < -0.3 is 4.57 Å². The zero-order valence-corrected chi connectivity index (χ0v) is 15.1. The van der Waals surface area contributed by atoms with Crippen LogP contribution in [0.15, 0.2) is 34.0 Å². The summed E-state index contributed by atoms with van der Waals surface area (Å²) in [6.07, 6.45) is -1.91. The zero-order valence-electron chi connectivity index (χ0n) is 12.7. The van der Waals surface area contributed by atoms with E-state index in [2.05, 4.69) is 30.9 Å². The molecule has 0 radical (unpaired) electrons. The highest BCUT2D eigenvalue weighted by Crippen LogP contribution is 2.36. The normalized spacial score (nSPS) is 12.1. The van der Waals surface area contributed by atoms with Crippen LogP contribution in [0.3, 0.4) is 0 Å². The Morgan fingerprint density at radius 2 is 1.96 bits per heavy atom. The van der Waals surface area contributed by atoms with Crippen LogP contribution >= 0.6 is 27.7 Å². The minimum atomic E-state index is -4.42. The molecule has 0 aliphatic heterocycles. The lowest BCUT2D eigenvalue weighted by atomic mass is 10.2. The molecule has 0 spiro atoms. The maximum Gasteiger partial charge on any atom is 0.417 e. The molecule has 0 amide bonds. The number of aromatic nitrogens is 4. The van der Waals surface area contributed by atoms with Gasteiger partial charge in [-0.2, -0.15) is 13.2 Å². The number of hydrogen-bond donors (Lipinski definition) is 0. The van der Waals surface area contributed by atoms with Gasteiger partial charge in [-0.1, -0.05) is 6.92 Å². The van der Waals surface area contributed by atoms with Crippen LogP contribution in [0.2, 0.25) is 0 Å². The van der Waals surface area contributed by atoms with Gasteiger partial charge in [-0.15, -0.1) is 11.8 Å². The summed E-state index contributed by atoms with van der Waals surface area (Å²) >= 11 is 4.60. The van der Waals surface area contributed by atoms with E-state index in [1.807, 2.05) is 6.92 Å². The van der Waals surface area contributed by atoms with E-state index in [4.69, 9.17) is 0 Å². The molecule has 0 unspecified atom stereocenters. The van der Waals surface area contributed by atoms with Crippen LogP contribution < -0.4 is 0 Å². The number of rotatable bonds is 3. The molecule has 0 saturated heterocycles. The summed E-state index contributed by atoms with van der Waals surface area (Å²) in [4.78, 5) is 13.2. The first kappa shape index (κ1) is 17.2. The molecule has 0 aliphatic rings. The molecule has 3 aromatic rings. The highest BCUT2D eigenvalue weighted by Gasteiger charge is 2.32. The van der Waals surface area contributed by atoms with Crippen molar-refractivity contribution in [3.63, 3.8) is 0 Å². The van der Waals surface area contributed by atoms with Crippen molar-refractivity contribution in [3.8, 4) is 11.5 Å². The summed E-state index contributed by atoms with van der Waals surface area (Å²) in [7, 11) is 1.79. The van der Waals surface area contributed by atoms with Gasteiger partial charge in [0.15, 0.2) is 5.82 Å². The minimum absolute atomic E-state index is 0.435. The summed E-state index contributed by atoms with van der Waals surface area (Å²) in [5, 5.41) is 0. The fourth-order valence-electron chi connectivity index (χ4n) is 2.31. The number of imidazole rings is 1. The molecule has 3 rings (SSSR count). The first-order chi connectivity index (χ1) is 11.3. The average molecular weight is 417 g/mol. The SMILES string of the molecule is CCSc1cc(C(F)(F)F)cnc1-c1nc2cc(Br)ncc2n1C. The van der Waals surface area contributed by atoms with Gasteiger partial charge in [-0.25, -0.2) is 9.97 Å². The lowest BCUT2D eigenvalue weighted by molar-refractivity contribution is -0.138. The van der Waals surface area contributed by atoms with Crippen molar-refractivity contribution in [2.24, 2.45) is 7.05 Å². The smallest absolute Gasteiger partial charge is 0.325 e. The third kappa shape index (κ3) is 3.14. The van der Waals surface area contributed by atoms with Gasteiger partial charge in [-0.3, -0.25) is 4.98 Å². The molecule has 126 valence electrons. The number of fused-ring (bicyclic) bond motifs is 1. The standard InChI is InChI=1S/C15H12BrF3N4S/c1-3-24-11-4-8(15(17,18)19)6-21-13(11)14-22-9-5-12(16)20-7-10(9)23(14)2/h4-7H,3H2,1-2H3. The lowest BCUT2D eigenvalue weighted by Crippen LogP contribution is -2.07. The monoisotopic (exact) mass is 416 g/mol. The molecular formula is C15H12BrF3N4S. The third-order valence-electron chi connectivity index (χ3n) is 3.43. The molecule has 0 aromatic carbocycles. The largest absolute Gasteiger partial charge is 0.417 e. The van der Waals surface area contributed by atoms with Crippen LogP contribution in [0, 0.1) is 0 Å². The second-order valence-corrected chi connectivity index (χ2v) is 7.11. The van der Waals surface area contributed by atoms with Crippen LogP contribution in [-0.2, 0) is 13.2 Å². The van der Waals surface area contributed by atoms with Crippen molar-refractivity contribution < 1.29 is 13.2 Å². The van der Waals surface area contributed by atoms with E-state index in [1.54, 1.807) is 23.9 Å². The van der Waals surface area contributed by atoms with E-state index < -0.39 is 11.7 Å². The van der Waals surface area contributed by atoms with E-state index in [1.165, 1.54) is 11.8 Å². The van der Waals surface area contributed by atoms with Crippen LogP contribution in [0.4, 0.5) is 13.2 Å². The van der Waals surface area contributed by atoms with E-state index in [9.17, 15) is 13.2 Å². The van der Waals surface area contributed by atoms with Crippen molar-refractivity contribution in [3.05, 3.63) is 34.7 Å². The van der Waals surface area contributed by atoms with Crippen LogP contribution in [-0.4, -0.2) is 25.3 Å². The molecule has 0 bridgehead atoms.